The highest BCUT2D eigenvalue weighted by molar-refractivity contribution is 5.83. The van der Waals surface area contributed by atoms with Crippen LogP contribution in [0.4, 0.5) is 13.2 Å². The topological polar surface area (TPSA) is 86.6 Å². The summed E-state index contributed by atoms with van der Waals surface area (Å²) in [6.45, 7) is -0.868. The lowest BCUT2D eigenvalue weighted by Crippen LogP contribution is -2.43. The zero-order valence-electron chi connectivity index (χ0n) is 7.54. The number of aliphatic hydroxyl groups is 1. The fourth-order valence-electron chi connectivity index (χ4n) is 0.707. The molecule has 0 aromatic carbocycles. The highest BCUT2D eigenvalue weighted by atomic mass is 19.4. The lowest BCUT2D eigenvalue weighted by Gasteiger charge is -2.12. The Morgan fingerprint density at radius 1 is 1.33 bits per heavy atom. The van der Waals surface area contributed by atoms with Crippen LogP contribution in [-0.4, -0.2) is 40.9 Å². The largest absolute Gasteiger partial charge is 0.480 e. The van der Waals surface area contributed by atoms with Gasteiger partial charge >= 0.3 is 12.1 Å². The van der Waals surface area contributed by atoms with Crippen LogP contribution in [0.1, 0.15) is 12.8 Å². The highest BCUT2D eigenvalue weighted by Crippen LogP contribution is 2.20. The van der Waals surface area contributed by atoms with Crippen LogP contribution < -0.4 is 5.32 Å². The first-order chi connectivity index (χ1) is 6.76. The zero-order valence-corrected chi connectivity index (χ0v) is 7.54. The molecule has 8 heteroatoms. The van der Waals surface area contributed by atoms with Crippen molar-refractivity contribution in [2.75, 3.05) is 6.61 Å². The molecule has 1 atom stereocenters. The fourth-order valence-corrected chi connectivity index (χ4v) is 0.707. The molecule has 0 bridgehead atoms. The Labute approximate surface area is 82.9 Å². The summed E-state index contributed by atoms with van der Waals surface area (Å²) < 4.78 is 34.9. The molecule has 0 radical (unpaired) electrons. The van der Waals surface area contributed by atoms with E-state index in [1.54, 1.807) is 5.32 Å². The van der Waals surface area contributed by atoms with Gasteiger partial charge in [-0.1, -0.05) is 0 Å². The van der Waals surface area contributed by atoms with E-state index in [9.17, 15) is 22.8 Å². The number of amides is 1. The molecule has 0 aliphatic heterocycles. The smallest absolute Gasteiger partial charge is 0.389 e. The number of hydrogen-bond donors (Lipinski definition) is 3. The van der Waals surface area contributed by atoms with Gasteiger partial charge in [-0.3, -0.25) is 4.79 Å². The number of halogens is 3. The summed E-state index contributed by atoms with van der Waals surface area (Å²) >= 11 is 0. The van der Waals surface area contributed by atoms with E-state index < -0.39 is 43.5 Å². The van der Waals surface area contributed by atoms with E-state index in [1.165, 1.54) is 0 Å². The minimum absolute atomic E-state index is 0.854. The number of aliphatic hydroxyl groups excluding tert-OH is 1. The molecule has 0 aliphatic rings. The lowest BCUT2D eigenvalue weighted by molar-refractivity contribution is -0.147. The fraction of sp³-hybridized carbons (Fsp3) is 0.714. The second kappa shape index (κ2) is 5.54. The minimum atomic E-state index is -4.46. The van der Waals surface area contributed by atoms with Crippen LogP contribution in [-0.2, 0) is 9.59 Å². The van der Waals surface area contributed by atoms with E-state index in [-0.39, 0.29) is 0 Å². The second-order valence-electron chi connectivity index (χ2n) is 2.76. The lowest BCUT2D eigenvalue weighted by atomic mass is 10.2. The van der Waals surface area contributed by atoms with E-state index >= 15 is 0 Å². The summed E-state index contributed by atoms with van der Waals surface area (Å²) in [6, 6.07) is -1.56. The predicted octanol–water partition coefficient (Wildman–Crippen LogP) is -0.109. The van der Waals surface area contributed by atoms with Crippen molar-refractivity contribution in [1.82, 2.24) is 5.32 Å². The number of carboxylic acids is 1. The molecular weight excluding hydrogens is 219 g/mol. The number of rotatable bonds is 5. The number of carboxylic acid groups (broad SMARTS) is 1. The molecule has 0 aliphatic carbocycles. The summed E-state index contributed by atoms with van der Waals surface area (Å²) in [5, 5.41) is 18.6. The van der Waals surface area contributed by atoms with Crippen molar-refractivity contribution in [2.24, 2.45) is 0 Å². The summed E-state index contributed by atoms with van der Waals surface area (Å²) in [7, 11) is 0. The van der Waals surface area contributed by atoms with Crippen LogP contribution >= 0.6 is 0 Å². The first-order valence-electron chi connectivity index (χ1n) is 3.96. The second-order valence-corrected chi connectivity index (χ2v) is 2.76. The van der Waals surface area contributed by atoms with Crippen molar-refractivity contribution in [3.8, 4) is 0 Å². The zero-order chi connectivity index (χ0) is 12.1. The summed E-state index contributed by atoms with van der Waals surface area (Å²) in [6.07, 6.45) is -6.64. The van der Waals surface area contributed by atoms with Gasteiger partial charge in [0.05, 0.1) is 13.0 Å². The molecule has 0 aromatic rings. The van der Waals surface area contributed by atoms with Crippen LogP contribution in [0.2, 0.25) is 0 Å². The van der Waals surface area contributed by atoms with E-state index in [0.29, 0.717) is 0 Å². The molecule has 0 spiro atoms. The minimum Gasteiger partial charge on any atom is -0.480 e. The van der Waals surface area contributed by atoms with Crippen molar-refractivity contribution in [3.05, 3.63) is 0 Å². The SMILES string of the molecule is O=C(CCC(F)(F)F)NC(CO)C(=O)O. The molecule has 0 heterocycles. The first kappa shape index (κ1) is 13.7. The Morgan fingerprint density at radius 2 is 1.87 bits per heavy atom. The number of hydrogen-bond acceptors (Lipinski definition) is 3. The van der Waals surface area contributed by atoms with Gasteiger partial charge in [0.15, 0.2) is 0 Å². The maximum absolute atomic E-state index is 11.6. The van der Waals surface area contributed by atoms with Crippen LogP contribution in [0.5, 0.6) is 0 Å². The average Bonchev–Trinajstić information content (AvgIpc) is 2.09. The van der Waals surface area contributed by atoms with Gasteiger partial charge in [0, 0.05) is 6.42 Å². The number of carbonyl (C=O) groups is 2. The van der Waals surface area contributed by atoms with Gasteiger partial charge < -0.3 is 15.5 Å². The maximum atomic E-state index is 11.6. The van der Waals surface area contributed by atoms with Crippen molar-refractivity contribution in [1.29, 1.82) is 0 Å². The molecule has 0 fully saturated rings. The van der Waals surface area contributed by atoms with Crippen LogP contribution in [0.15, 0.2) is 0 Å². The molecule has 0 saturated carbocycles. The third-order valence-electron chi connectivity index (χ3n) is 1.45. The normalized spacial score (nSPS) is 13.3. The molecule has 5 nitrogen and oxygen atoms in total. The van der Waals surface area contributed by atoms with E-state index in [1.807, 2.05) is 0 Å². The molecule has 3 N–H and O–H groups in total. The summed E-state index contributed by atoms with van der Waals surface area (Å²) in [4.78, 5) is 21.0. The van der Waals surface area contributed by atoms with Crippen LogP contribution in [0.3, 0.4) is 0 Å². The number of aliphatic carboxylic acids is 1. The Morgan fingerprint density at radius 3 is 2.20 bits per heavy atom. The van der Waals surface area contributed by atoms with Gasteiger partial charge in [0.1, 0.15) is 6.04 Å². The van der Waals surface area contributed by atoms with Gasteiger partial charge in [-0.25, -0.2) is 4.79 Å². The summed E-state index contributed by atoms with van der Waals surface area (Å²) in [5.41, 5.74) is 0. The van der Waals surface area contributed by atoms with Crippen molar-refractivity contribution >= 4 is 11.9 Å². The Balaban J connectivity index is 3.98. The molecular formula is C7H10F3NO4. The molecule has 0 aromatic heterocycles. The van der Waals surface area contributed by atoms with Gasteiger partial charge in [0.25, 0.3) is 0 Å². The molecule has 1 unspecified atom stereocenters. The molecule has 0 rings (SSSR count). The highest BCUT2D eigenvalue weighted by Gasteiger charge is 2.28. The molecule has 15 heavy (non-hydrogen) atoms. The first-order valence-corrected chi connectivity index (χ1v) is 3.96. The van der Waals surface area contributed by atoms with Gasteiger partial charge in [0.2, 0.25) is 5.91 Å². The van der Waals surface area contributed by atoms with Crippen molar-refractivity contribution < 1.29 is 33.0 Å². The number of carbonyl (C=O) groups excluding carboxylic acids is 1. The quantitative estimate of drug-likeness (QED) is 0.614. The van der Waals surface area contributed by atoms with Gasteiger partial charge in [-0.05, 0) is 0 Å². The third-order valence-corrected chi connectivity index (χ3v) is 1.45. The predicted molar refractivity (Wildman–Crippen MR) is 41.9 cm³/mol. The van der Waals surface area contributed by atoms with Gasteiger partial charge in [-0.2, -0.15) is 13.2 Å². The number of alkyl halides is 3. The van der Waals surface area contributed by atoms with E-state index in [2.05, 4.69) is 0 Å². The Hall–Kier alpha value is -1.31. The Kier molecular flexibility index (Phi) is 5.06. The van der Waals surface area contributed by atoms with Crippen LogP contribution in [0.25, 0.3) is 0 Å². The third kappa shape index (κ3) is 6.72. The average molecular weight is 229 g/mol. The van der Waals surface area contributed by atoms with Crippen LogP contribution in [0, 0.1) is 0 Å². The van der Waals surface area contributed by atoms with Crippen molar-refractivity contribution in [2.45, 2.75) is 25.1 Å². The van der Waals surface area contributed by atoms with Crippen molar-refractivity contribution in [3.63, 3.8) is 0 Å². The standard InChI is InChI=1S/C7H10F3NO4/c8-7(9,10)2-1-5(13)11-4(3-12)6(14)15/h4,12H,1-3H2,(H,11,13)(H,14,15). The monoisotopic (exact) mass is 229 g/mol. The molecule has 88 valence electrons. The van der Waals surface area contributed by atoms with E-state index in [0.717, 1.165) is 0 Å². The van der Waals surface area contributed by atoms with Gasteiger partial charge in [-0.15, -0.1) is 0 Å². The Bertz CT molecular complexity index is 241. The summed E-state index contributed by atoms with van der Waals surface area (Å²) in [5.74, 6) is -2.56. The van der Waals surface area contributed by atoms with E-state index in [4.69, 9.17) is 10.2 Å². The number of nitrogens with one attached hydrogen (secondary N) is 1. The molecule has 0 saturated heterocycles. The maximum Gasteiger partial charge on any atom is 0.389 e. The molecule has 1 amide bonds.